The zero-order valence-corrected chi connectivity index (χ0v) is 18.3. The molecule has 0 bridgehead atoms. The molecule has 2 aromatic heterocycles. The van der Waals surface area contributed by atoms with E-state index in [1.165, 1.54) is 17.8 Å². The third-order valence-electron chi connectivity index (χ3n) is 5.50. The van der Waals surface area contributed by atoms with Crippen LogP contribution >= 0.6 is 11.8 Å². The minimum atomic E-state index is -0.444. The summed E-state index contributed by atoms with van der Waals surface area (Å²) in [4.78, 5) is 14.3. The third kappa shape index (κ3) is 3.85. The lowest BCUT2D eigenvalue weighted by Gasteiger charge is -2.27. The third-order valence-corrected chi connectivity index (χ3v) is 6.48. The molecule has 1 saturated heterocycles. The summed E-state index contributed by atoms with van der Waals surface area (Å²) in [5, 5.41) is 20.5. The van der Waals surface area contributed by atoms with E-state index in [-0.39, 0.29) is 5.75 Å². The summed E-state index contributed by atoms with van der Waals surface area (Å²) in [5.41, 5.74) is 2.31. The minimum Gasteiger partial charge on any atom is -0.508 e. The zero-order valence-electron chi connectivity index (χ0n) is 17.5. The molecule has 0 spiro atoms. The van der Waals surface area contributed by atoms with Crippen LogP contribution in [-0.2, 0) is 10.5 Å². The number of benzene rings is 2. The van der Waals surface area contributed by atoms with Crippen molar-refractivity contribution in [3.8, 4) is 11.4 Å². The molecule has 164 valence electrons. The average Bonchev–Trinajstić information content (AvgIpc) is 3.25. The van der Waals surface area contributed by atoms with Gasteiger partial charge in [-0.05, 0) is 36.8 Å². The van der Waals surface area contributed by atoms with Crippen LogP contribution in [0.4, 0.5) is 5.95 Å². The number of thioether (sulfide) groups is 1. The van der Waals surface area contributed by atoms with Crippen LogP contribution in [-0.4, -0.2) is 46.2 Å². The summed E-state index contributed by atoms with van der Waals surface area (Å²) in [7, 11) is 0. The lowest BCUT2D eigenvalue weighted by molar-refractivity contribution is 0.122. The first-order valence-corrected chi connectivity index (χ1v) is 11.3. The Kier molecular flexibility index (Phi) is 5.59. The maximum atomic E-state index is 12.2. The molecule has 9 heteroatoms. The van der Waals surface area contributed by atoms with Gasteiger partial charge in [-0.25, -0.2) is 4.79 Å². The highest BCUT2D eigenvalue weighted by atomic mass is 32.2. The summed E-state index contributed by atoms with van der Waals surface area (Å²) < 4.78 is 12.9. The number of nitrogens with zero attached hydrogens (tertiary/aromatic N) is 4. The molecule has 1 fully saturated rings. The fourth-order valence-electron chi connectivity index (χ4n) is 3.80. The number of para-hydroxylation sites is 1. The number of hydrogen-bond acceptors (Lipinski definition) is 8. The van der Waals surface area contributed by atoms with Crippen LogP contribution in [0.2, 0.25) is 0 Å². The Morgan fingerprint density at radius 1 is 1.09 bits per heavy atom. The maximum absolute atomic E-state index is 12.2. The first kappa shape index (κ1) is 20.6. The molecule has 5 rings (SSSR count). The van der Waals surface area contributed by atoms with Gasteiger partial charge in [0.25, 0.3) is 0 Å². The van der Waals surface area contributed by atoms with E-state index < -0.39 is 5.63 Å². The van der Waals surface area contributed by atoms with Gasteiger partial charge in [0.1, 0.15) is 11.3 Å². The van der Waals surface area contributed by atoms with Crippen molar-refractivity contribution in [2.24, 2.45) is 0 Å². The summed E-state index contributed by atoms with van der Waals surface area (Å²) in [5.74, 6) is 1.38. The molecule has 0 aliphatic carbocycles. The van der Waals surface area contributed by atoms with E-state index in [4.69, 9.17) is 9.15 Å². The Morgan fingerprint density at radius 3 is 2.66 bits per heavy atom. The Balaban J connectivity index is 1.52. The maximum Gasteiger partial charge on any atom is 0.336 e. The summed E-state index contributed by atoms with van der Waals surface area (Å²) in [6.07, 6.45) is 0. The molecule has 3 heterocycles. The standard InChI is InChI=1S/C23H22N4O4S/c1-15-19(28)8-7-18-16(13-20(29)31-21(15)18)14-32-23-25-24-22(26-9-11-30-12-10-26)27(23)17-5-3-2-4-6-17/h2-8,13,28H,9-12,14H2,1H3. The number of morpholine rings is 1. The zero-order chi connectivity index (χ0) is 22.1. The van der Waals surface area contributed by atoms with Crippen LogP contribution in [0.25, 0.3) is 16.7 Å². The molecule has 8 nitrogen and oxygen atoms in total. The van der Waals surface area contributed by atoms with E-state index in [1.54, 1.807) is 19.1 Å². The summed E-state index contributed by atoms with van der Waals surface area (Å²) in [6, 6.07) is 14.9. The van der Waals surface area contributed by atoms with Crippen molar-refractivity contribution in [2.45, 2.75) is 17.8 Å². The molecule has 1 aliphatic heterocycles. The van der Waals surface area contributed by atoms with Crippen LogP contribution in [0, 0.1) is 6.92 Å². The Morgan fingerprint density at radius 2 is 1.88 bits per heavy atom. The van der Waals surface area contributed by atoms with Crippen molar-refractivity contribution in [3.05, 3.63) is 70.1 Å². The second-order valence-electron chi connectivity index (χ2n) is 7.52. The van der Waals surface area contributed by atoms with E-state index in [0.717, 1.165) is 40.8 Å². The predicted octanol–water partition coefficient (Wildman–Crippen LogP) is 3.52. The molecule has 2 aromatic carbocycles. The highest BCUT2D eigenvalue weighted by molar-refractivity contribution is 7.98. The molecule has 0 radical (unpaired) electrons. The normalized spacial score (nSPS) is 14.2. The molecule has 1 N–H and O–H groups in total. The van der Waals surface area contributed by atoms with E-state index in [9.17, 15) is 9.90 Å². The number of anilines is 1. The van der Waals surface area contributed by atoms with Crippen molar-refractivity contribution < 1.29 is 14.3 Å². The van der Waals surface area contributed by atoms with Crippen molar-refractivity contribution in [1.82, 2.24) is 14.8 Å². The number of ether oxygens (including phenoxy) is 1. The fourth-order valence-corrected chi connectivity index (χ4v) is 4.74. The lowest BCUT2D eigenvalue weighted by atomic mass is 10.1. The summed E-state index contributed by atoms with van der Waals surface area (Å²) in [6.45, 7) is 4.55. The SMILES string of the molecule is Cc1c(O)ccc2c(CSc3nnc(N4CCOCC4)n3-c3ccccc3)cc(=O)oc12. The Bertz CT molecular complexity index is 1310. The molecular formula is C23H22N4O4S. The van der Waals surface area contributed by atoms with Gasteiger partial charge in [0.15, 0.2) is 5.16 Å². The predicted molar refractivity (Wildman–Crippen MR) is 123 cm³/mol. The smallest absolute Gasteiger partial charge is 0.336 e. The molecule has 1 aliphatic rings. The van der Waals surface area contributed by atoms with Gasteiger partial charge >= 0.3 is 5.63 Å². The largest absolute Gasteiger partial charge is 0.508 e. The van der Waals surface area contributed by atoms with Crippen LogP contribution in [0.15, 0.2) is 62.9 Å². The van der Waals surface area contributed by atoms with Crippen molar-refractivity contribution >= 4 is 28.7 Å². The number of aromatic nitrogens is 3. The minimum absolute atomic E-state index is 0.101. The first-order chi connectivity index (χ1) is 15.6. The van der Waals surface area contributed by atoms with E-state index in [2.05, 4.69) is 15.1 Å². The second-order valence-corrected chi connectivity index (χ2v) is 8.46. The molecule has 32 heavy (non-hydrogen) atoms. The van der Waals surface area contributed by atoms with Gasteiger partial charge in [-0.3, -0.25) is 4.57 Å². The molecule has 0 saturated carbocycles. The van der Waals surface area contributed by atoms with Gasteiger partial charge in [0.05, 0.1) is 18.9 Å². The lowest BCUT2D eigenvalue weighted by Crippen LogP contribution is -2.37. The Hall–Kier alpha value is -3.30. The first-order valence-electron chi connectivity index (χ1n) is 10.3. The highest BCUT2D eigenvalue weighted by Crippen LogP contribution is 2.33. The van der Waals surface area contributed by atoms with Crippen LogP contribution < -0.4 is 10.5 Å². The molecule has 4 aromatic rings. The van der Waals surface area contributed by atoms with Crippen molar-refractivity contribution in [2.75, 3.05) is 31.2 Å². The average molecular weight is 451 g/mol. The van der Waals surface area contributed by atoms with Gasteiger partial charge in [-0.1, -0.05) is 30.0 Å². The van der Waals surface area contributed by atoms with Crippen LogP contribution in [0.3, 0.4) is 0 Å². The van der Waals surface area contributed by atoms with Crippen molar-refractivity contribution in [1.29, 1.82) is 0 Å². The van der Waals surface area contributed by atoms with Crippen LogP contribution in [0.1, 0.15) is 11.1 Å². The number of phenolic OH excluding ortho intramolecular Hbond substituents is 1. The van der Waals surface area contributed by atoms with E-state index in [1.807, 2.05) is 34.9 Å². The van der Waals surface area contributed by atoms with Gasteiger partial charge in [-0.2, -0.15) is 0 Å². The Labute approximate surface area is 188 Å². The quantitative estimate of drug-likeness (QED) is 0.365. The number of aryl methyl sites for hydroxylation is 1. The van der Waals surface area contributed by atoms with Gasteiger partial charge < -0.3 is 19.2 Å². The van der Waals surface area contributed by atoms with Gasteiger partial charge in [-0.15, -0.1) is 10.2 Å². The topological polar surface area (TPSA) is 93.6 Å². The van der Waals surface area contributed by atoms with Crippen LogP contribution in [0.5, 0.6) is 5.75 Å². The number of rotatable bonds is 5. The molecule has 0 unspecified atom stereocenters. The number of fused-ring (bicyclic) bond motifs is 1. The summed E-state index contributed by atoms with van der Waals surface area (Å²) >= 11 is 1.50. The van der Waals surface area contributed by atoms with Crippen molar-refractivity contribution in [3.63, 3.8) is 0 Å². The number of phenols is 1. The highest BCUT2D eigenvalue weighted by Gasteiger charge is 2.22. The monoisotopic (exact) mass is 450 g/mol. The van der Waals surface area contributed by atoms with Gasteiger partial charge in [0.2, 0.25) is 5.95 Å². The van der Waals surface area contributed by atoms with E-state index >= 15 is 0 Å². The number of hydrogen-bond donors (Lipinski definition) is 1. The molecular weight excluding hydrogens is 428 g/mol. The molecule has 0 amide bonds. The van der Waals surface area contributed by atoms with Gasteiger partial charge in [0, 0.05) is 35.9 Å². The fraction of sp³-hybridized carbons (Fsp3) is 0.261. The molecule has 0 atom stereocenters. The van der Waals surface area contributed by atoms with E-state index in [0.29, 0.717) is 30.1 Å². The second kappa shape index (κ2) is 8.68. The number of aromatic hydroxyl groups is 1.